The fourth-order valence-corrected chi connectivity index (χ4v) is 1.54. The van der Waals surface area contributed by atoms with Crippen molar-refractivity contribution >= 4 is 5.78 Å². The van der Waals surface area contributed by atoms with Crippen LogP contribution in [0.25, 0.3) is 0 Å². The largest absolute Gasteiger partial charge is 0.380 e. The van der Waals surface area contributed by atoms with Crippen molar-refractivity contribution in [2.75, 3.05) is 13.2 Å². The van der Waals surface area contributed by atoms with Gasteiger partial charge in [0.25, 0.3) is 0 Å². The molecule has 5 nitrogen and oxygen atoms in total. The first-order chi connectivity index (χ1) is 8.26. The second-order valence-electron chi connectivity index (χ2n) is 3.96. The summed E-state index contributed by atoms with van der Waals surface area (Å²) in [6.07, 6.45) is 4.72. The van der Waals surface area contributed by atoms with Crippen LogP contribution in [0.4, 0.5) is 0 Å². The molecule has 0 spiro atoms. The van der Waals surface area contributed by atoms with Gasteiger partial charge >= 0.3 is 0 Å². The van der Waals surface area contributed by atoms with E-state index in [1.54, 1.807) is 4.68 Å². The summed E-state index contributed by atoms with van der Waals surface area (Å²) in [5, 5.41) is 8.02. The maximum Gasteiger partial charge on any atom is 0.133 e. The Morgan fingerprint density at radius 3 is 2.94 bits per heavy atom. The lowest BCUT2D eigenvalue weighted by atomic mass is 10.1. The van der Waals surface area contributed by atoms with E-state index in [1.807, 2.05) is 20.0 Å². The van der Waals surface area contributed by atoms with Crippen LogP contribution in [0.1, 0.15) is 38.8 Å². The molecule has 0 saturated heterocycles. The molecule has 0 aromatic carbocycles. The summed E-state index contributed by atoms with van der Waals surface area (Å²) in [5.74, 6) is 0.302. The number of nitrogens with zero attached hydrogens (tertiary/aromatic N) is 3. The predicted octanol–water partition coefficient (Wildman–Crippen LogP) is 1.62. The summed E-state index contributed by atoms with van der Waals surface area (Å²) in [4.78, 5) is 11.4. The second-order valence-corrected chi connectivity index (χ2v) is 3.96. The van der Waals surface area contributed by atoms with Gasteiger partial charge in [0.2, 0.25) is 0 Å². The Morgan fingerprint density at radius 2 is 2.24 bits per heavy atom. The van der Waals surface area contributed by atoms with Crippen molar-refractivity contribution in [2.45, 2.75) is 46.1 Å². The minimum Gasteiger partial charge on any atom is -0.380 e. The fourth-order valence-electron chi connectivity index (χ4n) is 1.54. The van der Waals surface area contributed by atoms with Crippen molar-refractivity contribution in [3.8, 4) is 0 Å². The monoisotopic (exact) mass is 239 g/mol. The van der Waals surface area contributed by atoms with Crippen molar-refractivity contribution in [1.29, 1.82) is 0 Å². The van der Waals surface area contributed by atoms with Crippen LogP contribution in [0, 0.1) is 0 Å². The zero-order valence-electron chi connectivity index (χ0n) is 10.7. The SMILES string of the molecule is CCCC(=O)CCc1cn(CCOCC)nn1. The van der Waals surface area contributed by atoms with Crippen LogP contribution >= 0.6 is 0 Å². The van der Waals surface area contributed by atoms with Gasteiger partial charge < -0.3 is 4.74 Å². The Balaban J connectivity index is 2.27. The van der Waals surface area contributed by atoms with Crippen LogP contribution < -0.4 is 0 Å². The van der Waals surface area contributed by atoms with Crippen molar-refractivity contribution in [3.05, 3.63) is 11.9 Å². The predicted molar refractivity (Wildman–Crippen MR) is 64.8 cm³/mol. The summed E-state index contributed by atoms with van der Waals surface area (Å²) in [5.41, 5.74) is 0.881. The van der Waals surface area contributed by atoms with E-state index in [0.717, 1.165) is 12.1 Å². The highest BCUT2D eigenvalue weighted by molar-refractivity contribution is 5.78. The molecule has 0 aliphatic carbocycles. The second kappa shape index (κ2) is 7.95. The Labute approximate surface area is 102 Å². The molecule has 0 bridgehead atoms. The average Bonchev–Trinajstić information content (AvgIpc) is 2.75. The van der Waals surface area contributed by atoms with Crippen molar-refractivity contribution in [3.63, 3.8) is 0 Å². The summed E-state index contributed by atoms with van der Waals surface area (Å²) in [6.45, 7) is 6.05. The van der Waals surface area contributed by atoms with Crippen LogP contribution in [-0.2, 0) is 22.5 Å². The molecule has 0 N–H and O–H groups in total. The molecule has 0 aliphatic rings. The molecule has 1 heterocycles. The van der Waals surface area contributed by atoms with E-state index in [2.05, 4.69) is 10.3 Å². The van der Waals surface area contributed by atoms with Gasteiger partial charge in [-0.15, -0.1) is 5.10 Å². The first-order valence-corrected chi connectivity index (χ1v) is 6.24. The standard InChI is InChI=1S/C12H21N3O2/c1-3-5-12(16)7-6-11-10-15(14-13-11)8-9-17-4-2/h10H,3-9H2,1-2H3. The van der Waals surface area contributed by atoms with Gasteiger partial charge in [-0.05, 0) is 19.8 Å². The van der Waals surface area contributed by atoms with Crippen molar-refractivity contribution < 1.29 is 9.53 Å². The third-order valence-electron chi connectivity index (χ3n) is 2.44. The fraction of sp³-hybridized carbons (Fsp3) is 0.750. The summed E-state index contributed by atoms with van der Waals surface area (Å²) >= 11 is 0. The molecule has 0 unspecified atom stereocenters. The topological polar surface area (TPSA) is 57.0 Å². The number of Topliss-reactive ketones (excluding diaryl/α,β-unsaturated/α-hetero) is 1. The lowest BCUT2D eigenvalue weighted by molar-refractivity contribution is -0.119. The molecule has 96 valence electrons. The number of hydrogen-bond donors (Lipinski definition) is 0. The highest BCUT2D eigenvalue weighted by atomic mass is 16.5. The molecule has 0 saturated carbocycles. The molecular weight excluding hydrogens is 218 g/mol. The smallest absolute Gasteiger partial charge is 0.133 e. The zero-order chi connectivity index (χ0) is 12.5. The molecule has 0 radical (unpaired) electrons. The normalized spacial score (nSPS) is 10.7. The molecule has 5 heteroatoms. The number of ketones is 1. The van der Waals surface area contributed by atoms with E-state index in [0.29, 0.717) is 44.8 Å². The number of hydrogen-bond acceptors (Lipinski definition) is 4. The number of aryl methyl sites for hydroxylation is 1. The van der Waals surface area contributed by atoms with Gasteiger partial charge in [-0.25, -0.2) is 4.68 Å². The first kappa shape index (κ1) is 13.8. The zero-order valence-corrected chi connectivity index (χ0v) is 10.7. The Bertz CT molecular complexity index is 336. The molecular formula is C12H21N3O2. The van der Waals surface area contributed by atoms with Gasteiger partial charge in [-0.2, -0.15) is 0 Å². The van der Waals surface area contributed by atoms with Gasteiger partial charge in [0.05, 0.1) is 18.8 Å². The molecule has 1 aromatic heterocycles. The number of carbonyl (C=O) groups excluding carboxylic acids is 1. The van der Waals surface area contributed by atoms with Crippen LogP contribution in [0.2, 0.25) is 0 Å². The van der Waals surface area contributed by atoms with Crippen LogP contribution in [0.5, 0.6) is 0 Å². The molecule has 1 rings (SSSR count). The van der Waals surface area contributed by atoms with E-state index in [-0.39, 0.29) is 0 Å². The van der Waals surface area contributed by atoms with Gasteiger partial charge in [0, 0.05) is 25.6 Å². The van der Waals surface area contributed by atoms with Crippen LogP contribution in [0.3, 0.4) is 0 Å². The maximum absolute atomic E-state index is 11.4. The van der Waals surface area contributed by atoms with E-state index < -0.39 is 0 Å². The lowest BCUT2D eigenvalue weighted by Crippen LogP contribution is -2.06. The number of aromatic nitrogens is 3. The lowest BCUT2D eigenvalue weighted by Gasteiger charge is -1.99. The molecule has 0 atom stereocenters. The minimum atomic E-state index is 0.302. The summed E-state index contributed by atoms with van der Waals surface area (Å²) in [6, 6.07) is 0. The minimum absolute atomic E-state index is 0.302. The molecule has 17 heavy (non-hydrogen) atoms. The number of ether oxygens (including phenoxy) is 1. The Morgan fingerprint density at radius 1 is 1.41 bits per heavy atom. The third-order valence-corrected chi connectivity index (χ3v) is 2.44. The van der Waals surface area contributed by atoms with Crippen LogP contribution in [0.15, 0.2) is 6.20 Å². The molecule has 1 aromatic rings. The number of carbonyl (C=O) groups is 1. The van der Waals surface area contributed by atoms with E-state index >= 15 is 0 Å². The maximum atomic E-state index is 11.4. The highest BCUT2D eigenvalue weighted by Crippen LogP contribution is 2.02. The number of rotatable bonds is 9. The summed E-state index contributed by atoms with van der Waals surface area (Å²) in [7, 11) is 0. The van der Waals surface area contributed by atoms with E-state index in [4.69, 9.17) is 4.74 Å². The quantitative estimate of drug-likeness (QED) is 0.614. The van der Waals surface area contributed by atoms with E-state index in [1.165, 1.54) is 0 Å². The molecule has 0 amide bonds. The van der Waals surface area contributed by atoms with Crippen molar-refractivity contribution in [2.24, 2.45) is 0 Å². The van der Waals surface area contributed by atoms with Crippen LogP contribution in [-0.4, -0.2) is 34.0 Å². The first-order valence-electron chi connectivity index (χ1n) is 6.24. The van der Waals surface area contributed by atoms with Gasteiger partial charge in [0.1, 0.15) is 5.78 Å². The molecule has 0 aliphatic heterocycles. The average molecular weight is 239 g/mol. The Hall–Kier alpha value is -1.23. The Kier molecular flexibility index (Phi) is 6.47. The van der Waals surface area contributed by atoms with Crippen molar-refractivity contribution in [1.82, 2.24) is 15.0 Å². The van der Waals surface area contributed by atoms with Gasteiger partial charge in [-0.1, -0.05) is 12.1 Å². The van der Waals surface area contributed by atoms with E-state index in [9.17, 15) is 4.79 Å². The highest BCUT2D eigenvalue weighted by Gasteiger charge is 2.04. The molecule has 0 fully saturated rings. The van der Waals surface area contributed by atoms with Gasteiger partial charge in [-0.3, -0.25) is 4.79 Å². The third kappa shape index (κ3) is 5.58. The van der Waals surface area contributed by atoms with Gasteiger partial charge in [0.15, 0.2) is 0 Å². The summed E-state index contributed by atoms with van der Waals surface area (Å²) < 4.78 is 6.99.